The quantitative estimate of drug-likeness (QED) is 0.765. The van der Waals surface area contributed by atoms with Gasteiger partial charge in [-0.15, -0.1) is 0 Å². The summed E-state index contributed by atoms with van der Waals surface area (Å²) in [6, 6.07) is 3.32. The van der Waals surface area contributed by atoms with Gasteiger partial charge in [-0.2, -0.15) is 0 Å². The third-order valence-corrected chi connectivity index (χ3v) is 2.57. The summed E-state index contributed by atoms with van der Waals surface area (Å²) < 4.78 is 18.3. The Balaban J connectivity index is 2.90. The van der Waals surface area contributed by atoms with Crippen molar-refractivity contribution in [3.05, 3.63) is 24.0 Å². The van der Waals surface area contributed by atoms with Gasteiger partial charge in [0.25, 0.3) is 0 Å². The van der Waals surface area contributed by atoms with E-state index in [0.717, 1.165) is 5.69 Å². The molecule has 1 aromatic rings. The molecule has 14 heavy (non-hydrogen) atoms. The van der Waals surface area contributed by atoms with Gasteiger partial charge in [0.15, 0.2) is 0 Å². The van der Waals surface area contributed by atoms with Gasteiger partial charge in [-0.3, -0.25) is 4.98 Å². The van der Waals surface area contributed by atoms with Crippen LogP contribution in [0.1, 0.15) is 5.69 Å². The van der Waals surface area contributed by atoms with Gasteiger partial charge < -0.3 is 4.90 Å². The Morgan fingerprint density at radius 3 is 2.57 bits per heavy atom. The molecule has 78 valence electrons. The molecule has 0 fully saturated rings. The molecular weight excluding hydrogens is 200 g/mol. The minimum atomic E-state index is -3.12. The number of nitrogens with zero attached hydrogens (tertiary/aromatic N) is 2. The summed E-state index contributed by atoms with van der Waals surface area (Å²) in [7, 11) is 0.749. The second-order valence-electron chi connectivity index (χ2n) is 3.32. The molecule has 1 rings (SSSR count). The van der Waals surface area contributed by atoms with Crippen molar-refractivity contribution in [1.29, 1.82) is 4.78 Å². The van der Waals surface area contributed by atoms with Crippen LogP contribution >= 0.6 is 0 Å². The van der Waals surface area contributed by atoms with Gasteiger partial charge in [-0.1, -0.05) is 0 Å². The third-order valence-electron chi connectivity index (χ3n) is 1.63. The van der Waals surface area contributed by atoms with E-state index in [1.54, 1.807) is 12.1 Å². The van der Waals surface area contributed by atoms with Crippen LogP contribution in [0.2, 0.25) is 0 Å². The van der Waals surface area contributed by atoms with Gasteiger partial charge in [-0.25, -0.2) is 14.1 Å². The number of pyridine rings is 1. The summed E-state index contributed by atoms with van der Waals surface area (Å²) in [5.41, 5.74) is 0.863. The largest absolute Gasteiger partial charge is 0.304 e. The Hall–Kier alpha value is -0.980. The number of nitrogens with two attached hydrogens (primary N) is 1. The minimum Gasteiger partial charge on any atom is -0.304 e. The van der Waals surface area contributed by atoms with Crippen molar-refractivity contribution in [2.45, 2.75) is 11.4 Å². The van der Waals surface area contributed by atoms with E-state index >= 15 is 0 Å². The highest BCUT2D eigenvalue weighted by Crippen LogP contribution is 2.06. The highest BCUT2D eigenvalue weighted by atomic mass is 32.2. The molecule has 0 saturated carbocycles. The SMILES string of the molecule is CN(C)Cc1ccc(S(=N)(N)=O)cn1. The topological polar surface area (TPSA) is 83.1 Å². The Kier molecular flexibility index (Phi) is 3.20. The maximum Gasteiger partial charge on any atom is 0.133 e. The molecule has 5 nitrogen and oxygen atoms in total. The van der Waals surface area contributed by atoms with Crippen LogP contribution in [-0.2, 0) is 16.5 Å². The summed E-state index contributed by atoms with van der Waals surface area (Å²) >= 11 is 0. The number of hydrogen-bond acceptors (Lipinski definition) is 4. The fraction of sp³-hybridized carbons (Fsp3) is 0.375. The first kappa shape index (κ1) is 11.1. The number of rotatable bonds is 3. The predicted molar refractivity (Wildman–Crippen MR) is 54.9 cm³/mol. The molecule has 3 N–H and O–H groups in total. The summed E-state index contributed by atoms with van der Waals surface area (Å²) in [6.07, 6.45) is 1.40. The lowest BCUT2D eigenvalue weighted by Gasteiger charge is -2.08. The van der Waals surface area contributed by atoms with Crippen molar-refractivity contribution >= 4 is 9.92 Å². The molecule has 1 heterocycles. The Morgan fingerprint density at radius 1 is 1.57 bits per heavy atom. The molecule has 0 aliphatic rings. The van der Waals surface area contributed by atoms with Crippen molar-refractivity contribution in [2.75, 3.05) is 14.1 Å². The molecule has 0 radical (unpaired) electrons. The fourth-order valence-corrected chi connectivity index (χ4v) is 1.49. The summed E-state index contributed by atoms with van der Waals surface area (Å²) in [5, 5.41) is 5.15. The van der Waals surface area contributed by atoms with E-state index in [2.05, 4.69) is 4.98 Å². The van der Waals surface area contributed by atoms with Crippen LogP contribution in [0.3, 0.4) is 0 Å². The Bertz CT molecular complexity index is 396. The van der Waals surface area contributed by atoms with Gasteiger partial charge in [0, 0.05) is 12.7 Å². The van der Waals surface area contributed by atoms with Crippen LogP contribution in [-0.4, -0.2) is 28.2 Å². The molecule has 6 heteroatoms. The zero-order chi connectivity index (χ0) is 10.8. The van der Waals surface area contributed by atoms with Crippen molar-refractivity contribution in [1.82, 2.24) is 9.88 Å². The Labute approximate surface area is 84.0 Å². The van der Waals surface area contributed by atoms with Crippen LogP contribution in [0.4, 0.5) is 0 Å². The molecule has 1 aromatic heterocycles. The predicted octanol–water partition coefficient (Wildman–Crippen LogP) is 0.423. The normalized spacial score (nSPS) is 15.4. The van der Waals surface area contributed by atoms with Gasteiger partial charge in [0.2, 0.25) is 0 Å². The second kappa shape index (κ2) is 4.04. The van der Waals surface area contributed by atoms with Crippen LogP contribution in [0.15, 0.2) is 23.2 Å². The first-order valence-corrected chi connectivity index (χ1v) is 5.68. The van der Waals surface area contributed by atoms with E-state index in [1.807, 2.05) is 19.0 Å². The first-order valence-electron chi connectivity index (χ1n) is 4.06. The molecule has 1 unspecified atom stereocenters. The van der Waals surface area contributed by atoms with Gasteiger partial charge in [-0.05, 0) is 26.2 Å². The minimum absolute atomic E-state index is 0.264. The van der Waals surface area contributed by atoms with E-state index in [0.29, 0.717) is 6.54 Å². The molecular formula is C8H14N4OS. The standard InChI is InChI=1S/C8H14N4OS/c1-12(2)6-7-3-4-8(5-11-7)14(9,10)13/h3-5H,6H2,1-2H3,(H3,9,10,13). The number of nitrogens with one attached hydrogen (secondary N) is 1. The van der Waals surface area contributed by atoms with E-state index in [1.165, 1.54) is 6.20 Å². The first-order chi connectivity index (χ1) is 6.39. The zero-order valence-corrected chi connectivity index (χ0v) is 9.04. The maximum atomic E-state index is 11.1. The molecule has 0 amide bonds. The van der Waals surface area contributed by atoms with Crippen molar-refractivity contribution in [3.8, 4) is 0 Å². The van der Waals surface area contributed by atoms with Crippen LogP contribution in [0.5, 0.6) is 0 Å². The lowest BCUT2D eigenvalue weighted by molar-refractivity contribution is 0.396. The zero-order valence-electron chi connectivity index (χ0n) is 8.23. The second-order valence-corrected chi connectivity index (χ2v) is 5.00. The highest BCUT2D eigenvalue weighted by Gasteiger charge is 2.04. The van der Waals surface area contributed by atoms with Crippen molar-refractivity contribution in [2.24, 2.45) is 5.14 Å². The summed E-state index contributed by atoms with van der Waals surface area (Å²) in [4.78, 5) is 6.30. The lowest BCUT2D eigenvalue weighted by atomic mass is 10.3. The number of hydrogen-bond donors (Lipinski definition) is 2. The lowest BCUT2D eigenvalue weighted by Crippen LogP contribution is -2.13. The molecule has 1 atom stereocenters. The van der Waals surface area contributed by atoms with Crippen LogP contribution in [0, 0.1) is 4.78 Å². The number of aromatic nitrogens is 1. The van der Waals surface area contributed by atoms with Gasteiger partial charge in [0.05, 0.1) is 10.6 Å². The molecule has 0 bridgehead atoms. The molecule has 0 spiro atoms. The fourth-order valence-electron chi connectivity index (χ4n) is 1.01. The average molecular weight is 214 g/mol. The van der Waals surface area contributed by atoms with Crippen LogP contribution in [0.25, 0.3) is 0 Å². The van der Waals surface area contributed by atoms with Crippen LogP contribution < -0.4 is 5.14 Å². The third kappa shape index (κ3) is 3.06. The maximum absolute atomic E-state index is 11.1. The summed E-state index contributed by atoms with van der Waals surface area (Å²) in [6.45, 7) is 0.712. The monoisotopic (exact) mass is 214 g/mol. The molecule has 0 aliphatic carbocycles. The van der Waals surface area contributed by atoms with E-state index < -0.39 is 9.92 Å². The average Bonchev–Trinajstić information content (AvgIpc) is 2.02. The molecule has 0 saturated heterocycles. The smallest absolute Gasteiger partial charge is 0.133 e. The van der Waals surface area contributed by atoms with E-state index in [9.17, 15) is 4.21 Å². The Morgan fingerprint density at radius 2 is 2.21 bits per heavy atom. The molecule has 0 aromatic carbocycles. The van der Waals surface area contributed by atoms with E-state index in [4.69, 9.17) is 9.92 Å². The van der Waals surface area contributed by atoms with Crippen molar-refractivity contribution < 1.29 is 4.21 Å². The van der Waals surface area contributed by atoms with E-state index in [-0.39, 0.29) is 4.90 Å². The highest BCUT2D eigenvalue weighted by molar-refractivity contribution is 7.90. The van der Waals surface area contributed by atoms with Gasteiger partial charge in [0.1, 0.15) is 9.92 Å². The summed E-state index contributed by atoms with van der Waals surface area (Å²) in [5.74, 6) is 0. The van der Waals surface area contributed by atoms with Gasteiger partial charge >= 0.3 is 0 Å². The molecule has 0 aliphatic heterocycles. The van der Waals surface area contributed by atoms with Crippen molar-refractivity contribution in [3.63, 3.8) is 0 Å².